The third-order valence-electron chi connectivity index (χ3n) is 5.14. The summed E-state index contributed by atoms with van der Waals surface area (Å²) in [6.07, 6.45) is 9.41. The smallest absolute Gasteiger partial charge is 0.277 e. The molecule has 1 aliphatic carbocycles. The number of carbonyl (C=O) groups is 1. The predicted molar refractivity (Wildman–Crippen MR) is 106 cm³/mol. The van der Waals surface area contributed by atoms with Crippen molar-refractivity contribution in [3.05, 3.63) is 11.8 Å². The van der Waals surface area contributed by atoms with E-state index < -0.39 is 4.21 Å². The van der Waals surface area contributed by atoms with Gasteiger partial charge in [0.1, 0.15) is 0 Å². The first-order chi connectivity index (χ1) is 11.7. The first-order valence-electron chi connectivity index (χ1n) is 9.37. The molecule has 1 heterocycles. The maximum atomic E-state index is 13.1. The third-order valence-corrected chi connectivity index (χ3v) is 6.95. The van der Waals surface area contributed by atoms with Crippen molar-refractivity contribution in [3.8, 4) is 0 Å². The highest BCUT2D eigenvalue weighted by molar-refractivity contribution is 8.02. The highest BCUT2D eigenvalue weighted by atomic mass is 35.5. The van der Waals surface area contributed by atoms with Crippen LogP contribution in [0.5, 0.6) is 0 Å². The topological polar surface area (TPSA) is 41.6 Å². The molecule has 2 rings (SSSR count). The van der Waals surface area contributed by atoms with Crippen LogP contribution in [-0.2, 0) is 9.53 Å². The Balaban J connectivity index is 2.06. The normalized spacial score (nSPS) is 30.9. The van der Waals surface area contributed by atoms with Crippen LogP contribution in [0.1, 0.15) is 59.8 Å². The summed E-state index contributed by atoms with van der Waals surface area (Å²) < 4.78 is 4.72. The largest absolute Gasteiger partial charge is 0.381 e. The zero-order chi connectivity index (χ0) is 18.7. The van der Waals surface area contributed by atoms with Gasteiger partial charge < -0.3 is 10.2 Å². The van der Waals surface area contributed by atoms with Gasteiger partial charge in [-0.05, 0) is 76.5 Å². The summed E-state index contributed by atoms with van der Waals surface area (Å²) in [4.78, 5) is 13.1. The third kappa shape index (κ3) is 4.67. The van der Waals surface area contributed by atoms with E-state index in [0.29, 0.717) is 11.8 Å². The SMILES string of the molecule is CCCOCC1CCC(C2=CNN(C(C)(C)C)C(=O)C2(Cl)SC)CC1. The second-order valence-corrected chi connectivity index (χ2v) is 9.94. The number of amides is 1. The average molecular weight is 389 g/mol. The monoisotopic (exact) mass is 388 g/mol. The van der Waals surface area contributed by atoms with E-state index in [4.69, 9.17) is 16.3 Å². The van der Waals surface area contributed by atoms with Gasteiger partial charge in [-0.25, -0.2) is 5.01 Å². The maximum Gasteiger partial charge on any atom is 0.277 e. The number of rotatable bonds is 6. The van der Waals surface area contributed by atoms with Gasteiger partial charge in [0.15, 0.2) is 4.21 Å². The first-order valence-corrected chi connectivity index (χ1v) is 11.0. The first kappa shape index (κ1) is 20.9. The van der Waals surface area contributed by atoms with Gasteiger partial charge in [0, 0.05) is 19.4 Å². The molecule has 1 aliphatic heterocycles. The Bertz CT molecular complexity index is 498. The number of hydrazine groups is 1. The van der Waals surface area contributed by atoms with Gasteiger partial charge in [0.25, 0.3) is 5.91 Å². The molecule has 0 bridgehead atoms. The molecule has 0 spiro atoms. The second-order valence-electron chi connectivity index (χ2n) is 8.13. The Morgan fingerprint density at radius 3 is 2.52 bits per heavy atom. The molecule has 0 aromatic heterocycles. The van der Waals surface area contributed by atoms with Crippen LogP contribution < -0.4 is 5.43 Å². The Morgan fingerprint density at radius 1 is 1.36 bits per heavy atom. The molecule has 0 radical (unpaired) electrons. The van der Waals surface area contributed by atoms with E-state index in [1.807, 2.05) is 33.2 Å². The highest BCUT2D eigenvalue weighted by Gasteiger charge is 2.50. The van der Waals surface area contributed by atoms with E-state index in [2.05, 4.69) is 12.3 Å². The van der Waals surface area contributed by atoms with Crippen molar-refractivity contribution in [2.45, 2.75) is 69.5 Å². The number of halogens is 1. The van der Waals surface area contributed by atoms with Crippen molar-refractivity contribution in [2.24, 2.45) is 11.8 Å². The van der Waals surface area contributed by atoms with Crippen molar-refractivity contribution < 1.29 is 9.53 Å². The van der Waals surface area contributed by atoms with Gasteiger partial charge in [-0.2, -0.15) is 0 Å². The second kappa shape index (κ2) is 8.53. The lowest BCUT2D eigenvalue weighted by Gasteiger charge is -2.46. The van der Waals surface area contributed by atoms with Crippen LogP contribution in [0.3, 0.4) is 0 Å². The van der Waals surface area contributed by atoms with Gasteiger partial charge in [-0.15, -0.1) is 11.8 Å². The molecular formula is C19H33ClN2O2S. The van der Waals surface area contributed by atoms with E-state index >= 15 is 0 Å². The highest BCUT2D eigenvalue weighted by Crippen LogP contribution is 2.47. The summed E-state index contributed by atoms with van der Waals surface area (Å²) in [5.41, 5.74) is 3.92. The lowest BCUT2D eigenvalue weighted by molar-refractivity contribution is -0.140. The molecule has 25 heavy (non-hydrogen) atoms. The summed E-state index contributed by atoms with van der Waals surface area (Å²) in [5, 5.41) is 1.66. The Labute approximate surface area is 162 Å². The van der Waals surface area contributed by atoms with Crippen molar-refractivity contribution in [1.29, 1.82) is 0 Å². The van der Waals surface area contributed by atoms with E-state index in [9.17, 15) is 4.79 Å². The summed E-state index contributed by atoms with van der Waals surface area (Å²) in [7, 11) is 0. The van der Waals surface area contributed by atoms with Crippen LogP contribution in [0.4, 0.5) is 0 Å². The van der Waals surface area contributed by atoms with Crippen LogP contribution in [0.2, 0.25) is 0 Å². The number of carbonyl (C=O) groups excluding carboxylic acids is 1. The fraction of sp³-hybridized carbons (Fsp3) is 0.842. The minimum absolute atomic E-state index is 0.0555. The van der Waals surface area contributed by atoms with Crippen molar-refractivity contribution in [3.63, 3.8) is 0 Å². The average Bonchev–Trinajstić information content (AvgIpc) is 2.57. The minimum Gasteiger partial charge on any atom is -0.381 e. The van der Waals surface area contributed by atoms with Gasteiger partial charge in [0.2, 0.25) is 0 Å². The Kier molecular flexibility index (Phi) is 7.14. The van der Waals surface area contributed by atoms with Crippen LogP contribution in [0.15, 0.2) is 11.8 Å². The summed E-state index contributed by atoms with van der Waals surface area (Å²) in [5.74, 6) is 0.951. The molecule has 0 aromatic rings. The molecule has 1 saturated carbocycles. The number of thioether (sulfide) groups is 1. The Hall–Kier alpha value is -0.390. The van der Waals surface area contributed by atoms with Crippen molar-refractivity contribution in [1.82, 2.24) is 10.4 Å². The molecule has 1 N–H and O–H groups in total. The molecule has 0 saturated heterocycles. The summed E-state index contributed by atoms with van der Waals surface area (Å²) in [6.45, 7) is 9.88. The van der Waals surface area contributed by atoms with Gasteiger partial charge >= 0.3 is 0 Å². The summed E-state index contributed by atoms with van der Waals surface area (Å²) >= 11 is 8.32. The van der Waals surface area contributed by atoms with Crippen LogP contribution in [0.25, 0.3) is 0 Å². The van der Waals surface area contributed by atoms with Crippen LogP contribution in [0, 0.1) is 11.8 Å². The Morgan fingerprint density at radius 2 is 2.00 bits per heavy atom. The lowest BCUT2D eigenvalue weighted by Crippen LogP contribution is -2.61. The molecule has 4 nitrogen and oxygen atoms in total. The number of hydrogen-bond donors (Lipinski definition) is 1. The fourth-order valence-electron chi connectivity index (χ4n) is 3.67. The fourth-order valence-corrected chi connectivity index (χ4v) is 4.69. The maximum absolute atomic E-state index is 13.1. The molecule has 1 fully saturated rings. The van der Waals surface area contributed by atoms with E-state index in [0.717, 1.165) is 50.9 Å². The van der Waals surface area contributed by atoms with Gasteiger partial charge in [-0.1, -0.05) is 18.5 Å². The van der Waals surface area contributed by atoms with E-state index in [1.165, 1.54) is 11.8 Å². The van der Waals surface area contributed by atoms with Gasteiger partial charge in [-0.3, -0.25) is 4.79 Å². The number of hydrogen-bond acceptors (Lipinski definition) is 4. The molecule has 2 aliphatic rings. The molecule has 1 unspecified atom stereocenters. The quantitative estimate of drug-likeness (QED) is 0.535. The number of nitrogens with one attached hydrogen (secondary N) is 1. The van der Waals surface area contributed by atoms with Crippen LogP contribution >= 0.6 is 23.4 Å². The molecule has 1 amide bonds. The molecule has 144 valence electrons. The minimum atomic E-state index is -0.991. The van der Waals surface area contributed by atoms with Crippen molar-refractivity contribution in [2.75, 3.05) is 19.5 Å². The molecule has 1 atom stereocenters. The van der Waals surface area contributed by atoms with Crippen molar-refractivity contribution >= 4 is 29.3 Å². The predicted octanol–water partition coefficient (Wildman–Crippen LogP) is 4.55. The molecule has 6 heteroatoms. The summed E-state index contributed by atoms with van der Waals surface area (Å²) in [6, 6.07) is 0. The van der Waals surface area contributed by atoms with E-state index in [-0.39, 0.29) is 11.4 Å². The zero-order valence-electron chi connectivity index (χ0n) is 16.2. The van der Waals surface area contributed by atoms with Gasteiger partial charge in [0.05, 0.1) is 5.54 Å². The molecular weight excluding hydrogens is 356 g/mol. The number of alkyl halides is 1. The van der Waals surface area contributed by atoms with E-state index in [1.54, 1.807) is 5.01 Å². The number of ether oxygens (including phenoxy) is 1. The van der Waals surface area contributed by atoms with Crippen LogP contribution in [-0.4, -0.2) is 40.1 Å². The lowest BCUT2D eigenvalue weighted by atomic mass is 9.77. The zero-order valence-corrected chi connectivity index (χ0v) is 17.8. The molecule has 0 aromatic carbocycles. The standard InChI is InChI=1S/C19H33ClN2O2S/c1-6-11-24-13-14-7-9-15(10-8-14)16-12-21-22(18(2,3)4)17(23)19(16,20)25-5/h12,14-15,21H,6-11,13H2,1-5H3. The number of nitrogens with zero attached hydrogens (tertiary/aromatic N) is 1.